The number of carbonyl (C=O) groups excluding carboxylic acids is 1. The van der Waals surface area contributed by atoms with Gasteiger partial charge in [-0.15, -0.1) is 0 Å². The van der Waals surface area contributed by atoms with E-state index in [0.29, 0.717) is 10.7 Å². The summed E-state index contributed by atoms with van der Waals surface area (Å²) >= 11 is 9.19. The Labute approximate surface area is 147 Å². The number of amidine groups is 1. The number of nitrogens with one attached hydrogen (secondary N) is 2. The van der Waals surface area contributed by atoms with Gasteiger partial charge in [0.25, 0.3) is 0 Å². The molecule has 2 aromatic rings. The molecular weight excluding hydrogens is 382 g/mol. The van der Waals surface area contributed by atoms with Crippen LogP contribution < -0.4 is 10.9 Å². The first kappa shape index (κ1) is 17.3. The van der Waals surface area contributed by atoms with E-state index in [-0.39, 0.29) is 12.4 Å². The highest BCUT2D eigenvalue weighted by Crippen LogP contribution is 2.17. The van der Waals surface area contributed by atoms with Crippen molar-refractivity contribution in [3.63, 3.8) is 0 Å². The van der Waals surface area contributed by atoms with Gasteiger partial charge in [0.2, 0.25) is 5.84 Å². The molecule has 0 spiro atoms. The van der Waals surface area contributed by atoms with E-state index >= 15 is 0 Å². The third kappa shape index (κ3) is 5.58. The van der Waals surface area contributed by atoms with E-state index < -0.39 is 5.97 Å². The Balaban J connectivity index is 2.15. The molecule has 0 saturated carbocycles. The summed E-state index contributed by atoms with van der Waals surface area (Å²) in [6.45, 7) is 2.00. The Hall–Kier alpha value is -2.05. The van der Waals surface area contributed by atoms with Crippen molar-refractivity contribution in [2.45, 2.75) is 6.92 Å². The Bertz CT molecular complexity index is 687. The maximum absolute atomic E-state index is 12.0. The zero-order chi connectivity index (χ0) is 16.7. The van der Waals surface area contributed by atoms with Gasteiger partial charge in [-0.1, -0.05) is 27.5 Å². The Kier molecular flexibility index (Phi) is 6.43. The van der Waals surface area contributed by atoms with Crippen LogP contribution in [0.25, 0.3) is 0 Å². The Morgan fingerprint density at radius 3 is 2.43 bits per heavy atom. The number of anilines is 1. The highest BCUT2D eigenvalue weighted by atomic mass is 79.9. The van der Waals surface area contributed by atoms with E-state index in [2.05, 4.69) is 31.8 Å². The summed E-state index contributed by atoms with van der Waals surface area (Å²) < 4.78 is 5.94. The highest BCUT2D eigenvalue weighted by molar-refractivity contribution is 9.10. The van der Waals surface area contributed by atoms with Gasteiger partial charge < -0.3 is 4.74 Å². The highest BCUT2D eigenvalue weighted by Gasteiger charge is 2.12. The van der Waals surface area contributed by atoms with Crippen LogP contribution in [0.3, 0.4) is 0 Å². The van der Waals surface area contributed by atoms with Crippen LogP contribution in [0, 0.1) is 0 Å². The number of aliphatic imine (C=N–C) groups is 1. The summed E-state index contributed by atoms with van der Waals surface area (Å²) in [6, 6.07) is 14.3. The Morgan fingerprint density at radius 2 is 1.83 bits per heavy atom. The molecule has 0 saturated heterocycles. The fourth-order valence-electron chi connectivity index (χ4n) is 1.63. The summed E-state index contributed by atoms with van der Waals surface area (Å²) in [5, 5.41) is 0.629. The number of halogens is 2. The lowest BCUT2D eigenvalue weighted by Gasteiger charge is -2.11. The molecule has 0 heterocycles. The Morgan fingerprint density at radius 1 is 1.17 bits per heavy atom. The number of rotatable bonds is 4. The van der Waals surface area contributed by atoms with E-state index in [1.807, 2.05) is 12.1 Å². The quantitative estimate of drug-likeness (QED) is 0.350. The smallest absolute Gasteiger partial charge is 0.375 e. The van der Waals surface area contributed by atoms with Gasteiger partial charge >= 0.3 is 5.97 Å². The van der Waals surface area contributed by atoms with Crippen LogP contribution in [-0.4, -0.2) is 18.4 Å². The van der Waals surface area contributed by atoms with Crippen LogP contribution in [0.1, 0.15) is 6.92 Å². The number of esters is 1. The van der Waals surface area contributed by atoms with Crippen LogP contribution in [0.4, 0.5) is 11.4 Å². The van der Waals surface area contributed by atoms with E-state index in [1.165, 1.54) is 0 Å². The van der Waals surface area contributed by atoms with Crippen molar-refractivity contribution in [3.8, 4) is 0 Å². The largest absolute Gasteiger partial charge is 0.460 e. The van der Waals surface area contributed by atoms with Gasteiger partial charge in [-0.2, -0.15) is 0 Å². The number of nitrogens with zero attached hydrogens (tertiary/aromatic N) is 1. The van der Waals surface area contributed by atoms with Crippen LogP contribution >= 0.6 is 27.5 Å². The van der Waals surface area contributed by atoms with Crippen molar-refractivity contribution in [1.82, 2.24) is 5.43 Å². The normalized spacial score (nSPS) is 11.0. The van der Waals surface area contributed by atoms with Crippen LogP contribution in [0.2, 0.25) is 5.02 Å². The van der Waals surface area contributed by atoms with Crippen molar-refractivity contribution in [1.29, 1.82) is 0 Å². The number of carbonyl (C=O) groups is 1. The molecule has 7 heteroatoms. The van der Waals surface area contributed by atoms with Crippen LogP contribution in [0.5, 0.6) is 0 Å². The third-order valence-electron chi connectivity index (χ3n) is 2.71. The molecule has 120 valence electrons. The number of benzene rings is 2. The summed E-state index contributed by atoms with van der Waals surface area (Å²) in [5.41, 5.74) is 7.03. The minimum absolute atomic E-state index is 0.0594. The molecule has 23 heavy (non-hydrogen) atoms. The molecule has 0 fully saturated rings. The van der Waals surface area contributed by atoms with E-state index in [9.17, 15) is 4.79 Å². The maximum Gasteiger partial charge on any atom is 0.375 e. The molecule has 0 unspecified atom stereocenters. The first-order valence-corrected chi connectivity index (χ1v) is 8.04. The monoisotopic (exact) mass is 395 g/mol. The first-order valence-electron chi connectivity index (χ1n) is 6.87. The average Bonchev–Trinajstić information content (AvgIpc) is 2.55. The lowest BCUT2D eigenvalue weighted by Crippen LogP contribution is -2.36. The van der Waals surface area contributed by atoms with Gasteiger partial charge in [-0.05, 0) is 55.5 Å². The molecule has 2 N–H and O–H groups in total. The van der Waals surface area contributed by atoms with Gasteiger partial charge in [0, 0.05) is 9.50 Å². The van der Waals surface area contributed by atoms with Gasteiger partial charge in [0.05, 0.1) is 18.0 Å². The number of ether oxygens (including phenoxy) is 1. The summed E-state index contributed by atoms with van der Waals surface area (Å²) in [4.78, 5) is 16.3. The molecule has 2 rings (SSSR count). The predicted molar refractivity (Wildman–Crippen MR) is 96.1 cm³/mol. The van der Waals surface area contributed by atoms with Crippen LogP contribution in [-0.2, 0) is 9.53 Å². The van der Waals surface area contributed by atoms with Gasteiger partial charge in [0.1, 0.15) is 0 Å². The lowest BCUT2D eigenvalue weighted by atomic mass is 10.3. The van der Waals surface area contributed by atoms with E-state index in [4.69, 9.17) is 16.3 Å². The zero-order valence-electron chi connectivity index (χ0n) is 12.3. The topological polar surface area (TPSA) is 62.7 Å². The van der Waals surface area contributed by atoms with Gasteiger partial charge in [-0.25, -0.2) is 9.79 Å². The van der Waals surface area contributed by atoms with Crippen molar-refractivity contribution in [3.05, 3.63) is 58.0 Å². The second kappa shape index (κ2) is 8.55. The molecule has 0 bridgehead atoms. The van der Waals surface area contributed by atoms with Crippen LogP contribution in [0.15, 0.2) is 58.0 Å². The number of hydrogen-bond acceptors (Lipinski definition) is 4. The molecule has 0 aliphatic rings. The van der Waals surface area contributed by atoms with Crippen molar-refractivity contribution < 1.29 is 9.53 Å². The third-order valence-corrected chi connectivity index (χ3v) is 3.49. The maximum atomic E-state index is 12.0. The minimum Gasteiger partial charge on any atom is -0.460 e. The molecule has 5 nitrogen and oxygen atoms in total. The fraction of sp³-hybridized carbons (Fsp3) is 0.125. The second-order valence-electron chi connectivity index (χ2n) is 4.41. The molecule has 0 aliphatic heterocycles. The van der Waals surface area contributed by atoms with Gasteiger partial charge in [0.15, 0.2) is 0 Å². The molecule has 0 amide bonds. The second-order valence-corrected chi connectivity index (χ2v) is 5.77. The minimum atomic E-state index is -0.545. The molecule has 0 atom stereocenters. The van der Waals surface area contributed by atoms with E-state index in [0.717, 1.165) is 10.2 Å². The predicted octanol–water partition coefficient (Wildman–Crippen LogP) is 4.31. The van der Waals surface area contributed by atoms with E-state index in [1.54, 1.807) is 43.3 Å². The first-order chi connectivity index (χ1) is 11.1. The zero-order valence-corrected chi connectivity index (χ0v) is 14.7. The van der Waals surface area contributed by atoms with Crippen molar-refractivity contribution >= 4 is 50.7 Å². The fourth-order valence-corrected chi connectivity index (χ4v) is 2.02. The summed E-state index contributed by atoms with van der Waals surface area (Å²) in [7, 11) is 0. The van der Waals surface area contributed by atoms with Crippen molar-refractivity contribution in [2.24, 2.45) is 4.99 Å². The molecule has 0 radical (unpaired) electrons. The molecule has 0 aliphatic carbocycles. The average molecular weight is 397 g/mol. The summed E-state index contributed by atoms with van der Waals surface area (Å²) in [6.07, 6.45) is 0. The molecular formula is C16H15BrClN3O2. The standard InChI is InChI=1S/C16H15BrClN3O2/c1-2-23-16(22)15(19-13-7-3-11(17)4-8-13)21-20-14-9-5-12(18)6-10-14/h3-10,20H,2H2,1H3,(H,19,21). The summed E-state index contributed by atoms with van der Waals surface area (Å²) in [5.74, 6) is -0.485. The molecule has 0 aromatic heterocycles. The number of hydrogen-bond donors (Lipinski definition) is 2. The molecule has 2 aromatic carbocycles. The van der Waals surface area contributed by atoms with Gasteiger partial charge in [-0.3, -0.25) is 10.9 Å². The van der Waals surface area contributed by atoms with Crippen molar-refractivity contribution in [2.75, 3.05) is 12.0 Å². The SMILES string of the molecule is CCOC(=O)C(=Nc1ccc(Br)cc1)NNc1ccc(Cl)cc1. The lowest BCUT2D eigenvalue weighted by molar-refractivity contribution is -0.135. The number of hydrazine groups is 1.